The van der Waals surface area contributed by atoms with Gasteiger partial charge in [0.05, 0.1) is 0 Å². The van der Waals surface area contributed by atoms with Crippen molar-refractivity contribution in [1.29, 1.82) is 0 Å². The van der Waals surface area contributed by atoms with Crippen LogP contribution in [-0.4, -0.2) is 46.4 Å². The molecule has 6 nitrogen and oxygen atoms in total. The molecule has 3 rings (SSSR count). The maximum atomic E-state index is 12.7. The largest absolute Gasteiger partial charge is 0.480 e. The second-order valence-corrected chi connectivity index (χ2v) is 8.35. The first-order valence-electron chi connectivity index (χ1n) is 10.4. The first-order chi connectivity index (χ1) is 12.5. The molecule has 0 spiro atoms. The Bertz CT molecular complexity index is 522. The van der Waals surface area contributed by atoms with Gasteiger partial charge in [-0.25, -0.2) is 4.79 Å². The van der Waals surface area contributed by atoms with Crippen molar-refractivity contribution in [1.82, 2.24) is 10.2 Å². The van der Waals surface area contributed by atoms with Crippen LogP contribution in [0, 0.1) is 11.8 Å². The zero-order valence-corrected chi connectivity index (χ0v) is 15.6. The van der Waals surface area contributed by atoms with Crippen molar-refractivity contribution in [2.45, 2.75) is 89.1 Å². The molecule has 26 heavy (non-hydrogen) atoms. The van der Waals surface area contributed by atoms with Gasteiger partial charge in [-0.15, -0.1) is 0 Å². The van der Waals surface area contributed by atoms with Gasteiger partial charge < -0.3 is 15.3 Å². The zero-order valence-electron chi connectivity index (χ0n) is 15.6. The molecule has 2 aliphatic carbocycles. The molecule has 3 aliphatic rings. The Morgan fingerprint density at radius 1 is 0.885 bits per heavy atom. The molecule has 1 aliphatic heterocycles. The number of hydrogen-bond donors (Lipinski definition) is 2. The summed E-state index contributed by atoms with van der Waals surface area (Å²) in [6, 6.07) is -0.473. The van der Waals surface area contributed by atoms with Gasteiger partial charge in [-0.2, -0.15) is 0 Å². The summed E-state index contributed by atoms with van der Waals surface area (Å²) in [7, 11) is 0. The lowest BCUT2D eigenvalue weighted by Crippen LogP contribution is -2.46. The summed E-state index contributed by atoms with van der Waals surface area (Å²) in [6.45, 7) is 0.563. The van der Waals surface area contributed by atoms with Gasteiger partial charge in [0.25, 0.3) is 0 Å². The van der Waals surface area contributed by atoms with Crippen LogP contribution in [0.15, 0.2) is 0 Å². The fourth-order valence-electron chi connectivity index (χ4n) is 4.95. The second-order valence-electron chi connectivity index (χ2n) is 8.35. The average Bonchev–Trinajstić information content (AvgIpc) is 3.12. The molecule has 1 heterocycles. The van der Waals surface area contributed by atoms with Crippen molar-refractivity contribution in [3.63, 3.8) is 0 Å². The number of carboxylic acids is 1. The second kappa shape index (κ2) is 8.87. The van der Waals surface area contributed by atoms with E-state index in [0.717, 1.165) is 32.1 Å². The van der Waals surface area contributed by atoms with Crippen molar-refractivity contribution in [2.24, 2.45) is 11.8 Å². The van der Waals surface area contributed by atoms with E-state index in [-0.39, 0.29) is 23.8 Å². The Balaban J connectivity index is 1.41. The van der Waals surface area contributed by atoms with Crippen molar-refractivity contribution in [2.75, 3.05) is 6.54 Å². The molecule has 0 aromatic rings. The van der Waals surface area contributed by atoms with Crippen LogP contribution in [0.3, 0.4) is 0 Å². The average molecular weight is 364 g/mol. The quantitative estimate of drug-likeness (QED) is 0.785. The van der Waals surface area contributed by atoms with E-state index in [2.05, 4.69) is 5.32 Å². The van der Waals surface area contributed by atoms with Crippen LogP contribution < -0.4 is 5.32 Å². The van der Waals surface area contributed by atoms with E-state index in [9.17, 15) is 19.5 Å². The monoisotopic (exact) mass is 364 g/mol. The molecule has 1 atom stereocenters. The van der Waals surface area contributed by atoms with Crippen LogP contribution in [0.25, 0.3) is 0 Å². The molecule has 0 aromatic carbocycles. The molecule has 0 bridgehead atoms. The Morgan fingerprint density at radius 2 is 1.58 bits per heavy atom. The molecule has 0 radical (unpaired) electrons. The van der Waals surface area contributed by atoms with Crippen LogP contribution in [-0.2, 0) is 14.4 Å². The highest BCUT2D eigenvalue weighted by Gasteiger charge is 2.38. The lowest BCUT2D eigenvalue weighted by molar-refractivity contribution is -0.150. The smallest absolute Gasteiger partial charge is 0.326 e. The molecule has 1 saturated heterocycles. The number of carboxylic acid groups (broad SMARTS) is 1. The molecule has 6 heteroatoms. The number of nitrogens with one attached hydrogen (secondary N) is 1. The van der Waals surface area contributed by atoms with Crippen LogP contribution >= 0.6 is 0 Å². The SMILES string of the molecule is O=C(CC1CCCCC1)NC1CCC(C(=O)N2CCC[C@@H]2C(=O)O)CC1. The summed E-state index contributed by atoms with van der Waals surface area (Å²) in [5.41, 5.74) is 0. The molecule has 2 N–H and O–H groups in total. The number of carbonyl (C=O) groups is 3. The van der Waals surface area contributed by atoms with Gasteiger partial charge in [-0.3, -0.25) is 9.59 Å². The summed E-state index contributed by atoms with van der Waals surface area (Å²) < 4.78 is 0. The minimum Gasteiger partial charge on any atom is -0.480 e. The van der Waals surface area contributed by atoms with E-state index in [4.69, 9.17) is 0 Å². The predicted octanol–water partition coefficient (Wildman–Crippen LogP) is 2.71. The van der Waals surface area contributed by atoms with Crippen molar-refractivity contribution in [3.05, 3.63) is 0 Å². The minimum atomic E-state index is -0.889. The van der Waals surface area contributed by atoms with E-state index in [1.54, 1.807) is 4.90 Å². The Morgan fingerprint density at radius 3 is 2.23 bits per heavy atom. The normalized spacial score (nSPS) is 30.2. The first kappa shape index (κ1) is 19.2. The number of aliphatic carboxylic acids is 1. The first-order valence-corrected chi connectivity index (χ1v) is 10.4. The molecule has 0 unspecified atom stereocenters. The van der Waals surface area contributed by atoms with Crippen LogP contribution in [0.2, 0.25) is 0 Å². The Hall–Kier alpha value is -1.59. The third kappa shape index (κ3) is 4.77. The van der Waals surface area contributed by atoms with Gasteiger partial charge in [-0.05, 0) is 57.3 Å². The van der Waals surface area contributed by atoms with E-state index in [1.165, 1.54) is 32.1 Å². The molecule has 146 valence electrons. The summed E-state index contributed by atoms with van der Waals surface area (Å²) in [5.74, 6) is -0.259. The van der Waals surface area contributed by atoms with Gasteiger partial charge in [-0.1, -0.05) is 19.3 Å². The fourth-order valence-corrected chi connectivity index (χ4v) is 4.95. The maximum absolute atomic E-state index is 12.7. The third-order valence-corrected chi connectivity index (χ3v) is 6.46. The number of carbonyl (C=O) groups excluding carboxylic acids is 2. The fraction of sp³-hybridized carbons (Fsp3) is 0.850. The molecule has 0 aromatic heterocycles. The van der Waals surface area contributed by atoms with Gasteiger partial charge in [0.2, 0.25) is 11.8 Å². The highest BCUT2D eigenvalue weighted by Crippen LogP contribution is 2.30. The van der Waals surface area contributed by atoms with E-state index < -0.39 is 12.0 Å². The highest BCUT2D eigenvalue weighted by atomic mass is 16.4. The molecular formula is C20H32N2O4. The van der Waals surface area contributed by atoms with E-state index in [0.29, 0.717) is 25.3 Å². The molecule has 3 fully saturated rings. The van der Waals surface area contributed by atoms with Gasteiger partial charge in [0.1, 0.15) is 6.04 Å². The molecule has 2 amide bonds. The van der Waals surface area contributed by atoms with Crippen LogP contribution in [0.4, 0.5) is 0 Å². The van der Waals surface area contributed by atoms with Gasteiger partial charge in [0, 0.05) is 24.9 Å². The number of rotatable bonds is 5. The van der Waals surface area contributed by atoms with Crippen molar-refractivity contribution >= 4 is 17.8 Å². The molecule has 2 saturated carbocycles. The van der Waals surface area contributed by atoms with Crippen molar-refractivity contribution in [3.8, 4) is 0 Å². The molecular weight excluding hydrogens is 332 g/mol. The summed E-state index contributed by atoms with van der Waals surface area (Å²) >= 11 is 0. The minimum absolute atomic E-state index is 0.00174. The van der Waals surface area contributed by atoms with Gasteiger partial charge >= 0.3 is 5.97 Å². The number of amides is 2. The summed E-state index contributed by atoms with van der Waals surface area (Å²) in [6.07, 6.45) is 11.3. The summed E-state index contributed by atoms with van der Waals surface area (Å²) in [4.78, 5) is 37.8. The van der Waals surface area contributed by atoms with Crippen molar-refractivity contribution < 1.29 is 19.5 Å². The van der Waals surface area contributed by atoms with Crippen LogP contribution in [0.5, 0.6) is 0 Å². The predicted molar refractivity (Wildman–Crippen MR) is 97.5 cm³/mol. The number of likely N-dealkylation sites (tertiary alicyclic amines) is 1. The third-order valence-electron chi connectivity index (χ3n) is 6.46. The van der Waals surface area contributed by atoms with Gasteiger partial charge in [0.15, 0.2) is 0 Å². The maximum Gasteiger partial charge on any atom is 0.326 e. The number of nitrogens with zero attached hydrogens (tertiary/aromatic N) is 1. The lowest BCUT2D eigenvalue weighted by atomic mass is 9.84. The van der Waals surface area contributed by atoms with E-state index in [1.807, 2.05) is 0 Å². The lowest BCUT2D eigenvalue weighted by Gasteiger charge is -2.32. The topological polar surface area (TPSA) is 86.7 Å². The Labute approximate surface area is 155 Å². The van der Waals surface area contributed by atoms with E-state index >= 15 is 0 Å². The number of hydrogen-bond acceptors (Lipinski definition) is 3. The standard InChI is InChI=1S/C20H32N2O4/c23-18(13-14-5-2-1-3-6-14)21-16-10-8-15(9-11-16)19(24)22-12-4-7-17(22)20(25)26/h14-17H,1-13H2,(H,21,23)(H,25,26)/t15?,16?,17-/m1/s1. The Kier molecular flexibility index (Phi) is 6.54. The highest BCUT2D eigenvalue weighted by molar-refractivity contribution is 5.85. The van der Waals surface area contributed by atoms with Crippen LogP contribution in [0.1, 0.15) is 77.0 Å². The summed E-state index contributed by atoms with van der Waals surface area (Å²) in [5, 5.41) is 12.4. The zero-order chi connectivity index (χ0) is 18.5.